The molecular formula is C49H41Ar2N2O3+. The first kappa shape index (κ1) is 41.4. The van der Waals surface area contributed by atoms with Gasteiger partial charge in [-0.25, -0.2) is 9.57 Å². The molecule has 0 fully saturated rings. The molecule has 7 heteroatoms. The minimum Gasteiger partial charge on any atom is -0.457 e. The van der Waals surface area contributed by atoms with Crippen molar-refractivity contribution < 1.29 is 94.3 Å². The van der Waals surface area contributed by atoms with E-state index >= 15 is 0 Å². The van der Waals surface area contributed by atoms with Crippen molar-refractivity contribution in [2.24, 2.45) is 4.99 Å². The van der Waals surface area contributed by atoms with Gasteiger partial charge in [0.25, 0.3) is 6.17 Å². The zero-order valence-electron chi connectivity index (χ0n) is 31.1. The van der Waals surface area contributed by atoms with Gasteiger partial charge in [-0.05, 0) is 138 Å². The second-order valence-electron chi connectivity index (χ2n) is 13.7. The van der Waals surface area contributed by atoms with Crippen LogP contribution < -0.4 is 14.2 Å². The fourth-order valence-corrected chi connectivity index (χ4v) is 6.48. The van der Waals surface area contributed by atoms with Gasteiger partial charge in [0.05, 0.1) is 6.21 Å². The van der Waals surface area contributed by atoms with Crippen molar-refractivity contribution in [3.05, 3.63) is 203 Å². The number of ether oxygens (including phenoxy) is 3. The van der Waals surface area contributed by atoms with E-state index in [1.807, 2.05) is 92.3 Å². The Morgan fingerprint density at radius 1 is 0.429 bits per heavy atom. The molecule has 5 nitrogen and oxygen atoms in total. The summed E-state index contributed by atoms with van der Waals surface area (Å²) in [6.07, 6.45) is 5.58. The molecule has 280 valence electrons. The van der Waals surface area contributed by atoms with Crippen molar-refractivity contribution in [2.75, 3.05) is 7.05 Å². The average molecular weight is 786 g/mol. The standard InChI is InChI=1S/C49H41N2O3.2Ar/c1-35-3-5-36(6-4-35)33-37-7-19-43(20-8-37)52-46-25-13-40(14-26-46)41-15-27-47(28-16-41)53-44-21-9-38(10-22-44)34-39-11-23-45(24-12-39)54-48-29-17-42(18-30-48)49-50-31-32-51(49)2;;/h3-32,49H,33-34H2,1-2H3;;/q+1;;. The van der Waals surface area contributed by atoms with E-state index in [1.54, 1.807) is 0 Å². The normalized spacial score (nSPS) is 12.9. The fraction of sp³-hybridized carbons (Fsp3) is 0.102. The molecule has 8 rings (SSSR count). The van der Waals surface area contributed by atoms with Crippen molar-refractivity contribution in [2.45, 2.75) is 25.9 Å². The minimum atomic E-state index is 0. The number of aryl methyl sites for hydroxylation is 1. The number of hydrogen-bond donors (Lipinski definition) is 0. The van der Waals surface area contributed by atoms with Crippen LogP contribution in [-0.2, 0) is 12.8 Å². The Labute approximate surface area is 389 Å². The molecule has 0 saturated heterocycles. The molecule has 1 aliphatic heterocycles. The first-order valence-corrected chi connectivity index (χ1v) is 18.2. The van der Waals surface area contributed by atoms with Crippen molar-refractivity contribution in [3.8, 4) is 45.6 Å². The molecule has 0 bridgehead atoms. The Kier molecular flexibility index (Phi) is 14.6. The molecule has 56 heavy (non-hydrogen) atoms. The molecule has 1 unspecified atom stereocenters. The number of hydrogen-bond acceptors (Lipinski definition) is 4. The van der Waals surface area contributed by atoms with Gasteiger partial charge in [0.15, 0.2) is 6.21 Å². The summed E-state index contributed by atoms with van der Waals surface area (Å²) in [6, 6.07) is 58.0. The number of nitrogens with zero attached hydrogens (tertiary/aromatic N) is 2. The summed E-state index contributed by atoms with van der Waals surface area (Å²) in [6.45, 7) is 2.11. The van der Waals surface area contributed by atoms with Gasteiger partial charge in [-0.3, -0.25) is 0 Å². The van der Waals surface area contributed by atoms with Gasteiger partial charge < -0.3 is 14.2 Å². The van der Waals surface area contributed by atoms with Crippen LogP contribution in [0.2, 0.25) is 0 Å². The second kappa shape index (κ2) is 19.8. The van der Waals surface area contributed by atoms with Crippen LogP contribution in [0, 0.1) is 82.4 Å². The summed E-state index contributed by atoms with van der Waals surface area (Å²) < 4.78 is 20.5. The summed E-state index contributed by atoms with van der Waals surface area (Å²) in [4.78, 5) is 4.49. The molecule has 7 aromatic rings. The zero-order valence-corrected chi connectivity index (χ0v) is 32.6. The van der Waals surface area contributed by atoms with Crippen molar-refractivity contribution in [1.82, 2.24) is 0 Å². The topological polar surface area (TPSA) is 43.1 Å². The third-order valence-corrected chi connectivity index (χ3v) is 9.55. The van der Waals surface area contributed by atoms with Crippen molar-refractivity contribution in [3.63, 3.8) is 0 Å². The largest absolute Gasteiger partial charge is 0.457 e. The third-order valence-electron chi connectivity index (χ3n) is 9.55. The van der Waals surface area contributed by atoms with Crippen LogP contribution in [0.1, 0.15) is 39.5 Å². The number of benzene rings is 7. The van der Waals surface area contributed by atoms with Crippen LogP contribution >= 0.6 is 0 Å². The minimum absolute atomic E-state index is 0. The van der Waals surface area contributed by atoms with Crippen LogP contribution in [-0.4, -0.2) is 24.1 Å². The van der Waals surface area contributed by atoms with Gasteiger partial charge in [-0.1, -0.05) is 90.5 Å². The van der Waals surface area contributed by atoms with Crippen molar-refractivity contribution in [1.29, 1.82) is 0 Å². The molecule has 1 atom stereocenters. The van der Waals surface area contributed by atoms with Crippen LogP contribution in [0.15, 0.2) is 175 Å². The molecule has 1 heterocycles. The maximum atomic E-state index is 6.17. The predicted octanol–water partition coefficient (Wildman–Crippen LogP) is 12.0. The van der Waals surface area contributed by atoms with Gasteiger partial charge in [-0.2, -0.15) is 0 Å². The Bertz CT molecular complexity index is 2370. The molecule has 0 spiro atoms. The van der Waals surface area contributed by atoms with E-state index in [0.29, 0.717) is 0 Å². The van der Waals surface area contributed by atoms with E-state index in [9.17, 15) is 0 Å². The molecular weight excluding hydrogens is 744 g/mol. The summed E-state index contributed by atoms with van der Waals surface area (Å²) in [7, 11) is 2.03. The quantitative estimate of drug-likeness (QED) is 0.116. The third kappa shape index (κ3) is 11.0. The Morgan fingerprint density at radius 2 is 0.732 bits per heavy atom. The number of rotatable bonds is 12. The van der Waals surface area contributed by atoms with Gasteiger partial charge in [-0.15, -0.1) is 0 Å². The van der Waals surface area contributed by atoms with Gasteiger partial charge in [0.2, 0.25) is 0 Å². The average Bonchev–Trinajstić information content (AvgIpc) is 3.64. The van der Waals surface area contributed by atoms with E-state index in [1.165, 1.54) is 27.8 Å². The Hall–Kier alpha value is -4.20. The van der Waals surface area contributed by atoms with E-state index in [4.69, 9.17) is 14.2 Å². The summed E-state index contributed by atoms with van der Waals surface area (Å²) in [5.74, 6) is 4.83. The van der Waals surface area contributed by atoms with Crippen LogP contribution in [0.4, 0.5) is 0 Å². The monoisotopic (exact) mass is 785 g/mol. The van der Waals surface area contributed by atoms with Gasteiger partial charge >= 0.3 is 0 Å². The summed E-state index contributed by atoms with van der Waals surface area (Å²) >= 11 is 0. The first-order chi connectivity index (χ1) is 26.5. The predicted molar refractivity (Wildman–Crippen MR) is 218 cm³/mol. The first-order valence-electron chi connectivity index (χ1n) is 18.2. The Balaban J connectivity index is 0.00000266. The van der Waals surface area contributed by atoms with E-state index in [2.05, 4.69) is 114 Å². The Morgan fingerprint density at radius 3 is 1.05 bits per heavy atom. The molecule has 7 aromatic carbocycles. The van der Waals surface area contributed by atoms with Gasteiger partial charge in [0.1, 0.15) is 41.5 Å². The molecule has 1 aliphatic rings. The van der Waals surface area contributed by atoms with Crippen LogP contribution in [0.5, 0.6) is 34.5 Å². The van der Waals surface area contributed by atoms with E-state index < -0.39 is 0 Å². The second-order valence-corrected chi connectivity index (χ2v) is 13.7. The molecule has 0 radical (unpaired) electrons. The van der Waals surface area contributed by atoms with E-state index in [0.717, 1.165) is 64.0 Å². The maximum Gasteiger partial charge on any atom is 0.272 e. The molecule has 0 aromatic heterocycles. The van der Waals surface area contributed by atoms with E-state index in [-0.39, 0.29) is 81.6 Å². The van der Waals surface area contributed by atoms with Gasteiger partial charge in [0, 0.05) is 81.0 Å². The summed E-state index contributed by atoms with van der Waals surface area (Å²) in [5.41, 5.74) is 9.63. The molecule has 0 amide bonds. The van der Waals surface area contributed by atoms with Crippen LogP contribution in [0.3, 0.4) is 0 Å². The smallest absolute Gasteiger partial charge is 0.272 e. The van der Waals surface area contributed by atoms with Crippen molar-refractivity contribution >= 4 is 12.4 Å². The summed E-state index contributed by atoms with van der Waals surface area (Å²) in [5, 5.41) is 0. The maximum absolute atomic E-state index is 6.17. The molecule has 0 N–H and O–H groups in total. The number of aliphatic imine (C=N–C) groups is 1. The molecule has 0 saturated carbocycles. The fourth-order valence-electron chi connectivity index (χ4n) is 6.48. The molecule has 0 aliphatic carbocycles. The zero-order chi connectivity index (χ0) is 36.7. The van der Waals surface area contributed by atoms with Crippen LogP contribution in [0.25, 0.3) is 11.1 Å². The SMILES string of the molecule is Cc1ccc(Cc2ccc(Oc3ccc(-c4ccc(Oc5ccc(Cc6ccc(Oc7ccc(C8N=CC=[N+]8C)cc7)cc6)cc5)cc4)cc3)cc2)cc1.[Ar].[Ar].